The molecule has 2 rings (SSSR count). The fourth-order valence-electron chi connectivity index (χ4n) is 3.75. The highest BCUT2D eigenvalue weighted by atomic mass is 16.3. The molecule has 2 bridgehead atoms. The lowest BCUT2D eigenvalue weighted by molar-refractivity contribution is -0.0847. The molecule has 86 valence electrons. The summed E-state index contributed by atoms with van der Waals surface area (Å²) in [6.45, 7) is 7.46. The van der Waals surface area contributed by atoms with Crippen LogP contribution in [0.5, 0.6) is 0 Å². The fraction of sp³-hybridized carbons (Fsp3) is 0.846. The highest BCUT2D eigenvalue weighted by molar-refractivity contribution is 5.18. The maximum atomic E-state index is 10.2. The normalized spacial score (nSPS) is 40.1. The van der Waals surface area contributed by atoms with Gasteiger partial charge in [0.1, 0.15) is 0 Å². The Morgan fingerprint density at radius 3 is 1.47 bits per heavy atom. The number of hydrogen-bond acceptors (Lipinski definition) is 2. The minimum absolute atomic E-state index is 0.187. The van der Waals surface area contributed by atoms with Crippen molar-refractivity contribution in [1.29, 1.82) is 0 Å². The van der Waals surface area contributed by atoms with Gasteiger partial charge in [-0.2, -0.15) is 0 Å². The molecule has 0 aromatic heterocycles. The Balaban J connectivity index is 2.33. The average molecular weight is 210 g/mol. The van der Waals surface area contributed by atoms with Crippen LogP contribution in [-0.4, -0.2) is 21.4 Å². The standard InChI is InChI=1S/C13H22O2/c1-12(2,14)10-8-5-6-9(7-8)11(10)13(3,4)15/h5-6,8-11,14-15H,7H2,1-4H3. The summed E-state index contributed by atoms with van der Waals surface area (Å²) in [6, 6.07) is 0. The molecule has 0 spiro atoms. The fourth-order valence-corrected chi connectivity index (χ4v) is 3.75. The van der Waals surface area contributed by atoms with Gasteiger partial charge in [-0.15, -0.1) is 0 Å². The lowest BCUT2D eigenvalue weighted by Crippen LogP contribution is -2.47. The quantitative estimate of drug-likeness (QED) is 0.684. The first-order chi connectivity index (χ1) is 6.71. The summed E-state index contributed by atoms with van der Waals surface area (Å²) < 4.78 is 0. The predicted octanol–water partition coefficient (Wildman–Crippen LogP) is 1.97. The first-order valence-corrected chi connectivity index (χ1v) is 5.84. The third-order valence-electron chi connectivity index (χ3n) is 4.09. The minimum atomic E-state index is -0.700. The van der Waals surface area contributed by atoms with Crippen molar-refractivity contribution in [3.8, 4) is 0 Å². The number of allylic oxidation sites excluding steroid dienone is 2. The molecule has 15 heavy (non-hydrogen) atoms. The van der Waals surface area contributed by atoms with E-state index in [1.54, 1.807) is 0 Å². The summed E-state index contributed by atoms with van der Waals surface area (Å²) in [5, 5.41) is 20.5. The summed E-state index contributed by atoms with van der Waals surface area (Å²) in [6.07, 6.45) is 5.54. The van der Waals surface area contributed by atoms with Crippen LogP contribution in [0.2, 0.25) is 0 Å². The van der Waals surface area contributed by atoms with Crippen LogP contribution in [0.4, 0.5) is 0 Å². The van der Waals surface area contributed by atoms with Gasteiger partial charge in [0.15, 0.2) is 0 Å². The maximum Gasteiger partial charge on any atom is 0.0629 e. The largest absolute Gasteiger partial charge is 0.390 e. The zero-order valence-corrected chi connectivity index (χ0v) is 10.1. The van der Waals surface area contributed by atoms with E-state index in [1.165, 1.54) is 0 Å². The molecule has 2 heteroatoms. The molecule has 4 unspecified atom stereocenters. The van der Waals surface area contributed by atoms with Gasteiger partial charge in [-0.3, -0.25) is 0 Å². The average Bonchev–Trinajstić information content (AvgIpc) is 2.56. The molecule has 1 fully saturated rings. The number of rotatable bonds is 2. The van der Waals surface area contributed by atoms with E-state index in [0.29, 0.717) is 11.8 Å². The monoisotopic (exact) mass is 210 g/mol. The van der Waals surface area contributed by atoms with Crippen LogP contribution in [0.3, 0.4) is 0 Å². The highest BCUT2D eigenvalue weighted by Crippen LogP contribution is 2.55. The molecular weight excluding hydrogens is 188 g/mol. The third kappa shape index (κ3) is 1.74. The molecule has 4 atom stereocenters. The molecule has 0 aromatic rings. The lowest BCUT2D eigenvalue weighted by atomic mass is 9.68. The van der Waals surface area contributed by atoms with Gasteiger partial charge in [0.05, 0.1) is 11.2 Å². The van der Waals surface area contributed by atoms with Crippen LogP contribution in [0.15, 0.2) is 12.2 Å². The van der Waals surface area contributed by atoms with E-state index < -0.39 is 11.2 Å². The van der Waals surface area contributed by atoms with Gasteiger partial charge in [-0.05, 0) is 57.8 Å². The highest BCUT2D eigenvalue weighted by Gasteiger charge is 2.54. The van der Waals surface area contributed by atoms with Crippen molar-refractivity contribution in [2.45, 2.75) is 45.3 Å². The zero-order valence-electron chi connectivity index (χ0n) is 10.1. The Morgan fingerprint density at radius 2 is 1.20 bits per heavy atom. The van der Waals surface area contributed by atoms with E-state index in [2.05, 4.69) is 12.2 Å². The summed E-state index contributed by atoms with van der Waals surface area (Å²) in [5.74, 6) is 1.28. The van der Waals surface area contributed by atoms with Crippen molar-refractivity contribution >= 4 is 0 Å². The van der Waals surface area contributed by atoms with Gasteiger partial charge >= 0.3 is 0 Å². The number of aliphatic hydroxyl groups is 2. The van der Waals surface area contributed by atoms with E-state index in [0.717, 1.165) is 6.42 Å². The smallest absolute Gasteiger partial charge is 0.0629 e. The SMILES string of the molecule is CC(C)(O)C1C2C=CC(C2)C1C(C)(C)O. The van der Waals surface area contributed by atoms with Gasteiger partial charge in [0.2, 0.25) is 0 Å². The lowest BCUT2D eigenvalue weighted by Gasteiger charge is -2.42. The van der Waals surface area contributed by atoms with E-state index in [-0.39, 0.29) is 11.8 Å². The summed E-state index contributed by atoms with van der Waals surface area (Å²) in [4.78, 5) is 0. The molecule has 0 aromatic carbocycles. The zero-order chi connectivity index (χ0) is 11.4. The van der Waals surface area contributed by atoms with Crippen molar-refractivity contribution in [2.24, 2.45) is 23.7 Å². The molecule has 2 aliphatic carbocycles. The Morgan fingerprint density at radius 1 is 0.867 bits per heavy atom. The summed E-state index contributed by atoms with van der Waals surface area (Å²) in [7, 11) is 0. The maximum absolute atomic E-state index is 10.2. The second-order valence-electron chi connectivity index (χ2n) is 6.31. The van der Waals surface area contributed by atoms with Gasteiger partial charge in [-0.25, -0.2) is 0 Å². The van der Waals surface area contributed by atoms with E-state index in [4.69, 9.17) is 0 Å². The molecule has 2 aliphatic rings. The third-order valence-corrected chi connectivity index (χ3v) is 4.09. The molecule has 2 N–H and O–H groups in total. The van der Waals surface area contributed by atoms with E-state index >= 15 is 0 Å². The Hall–Kier alpha value is -0.340. The van der Waals surface area contributed by atoms with Gasteiger partial charge in [0.25, 0.3) is 0 Å². The van der Waals surface area contributed by atoms with E-state index in [9.17, 15) is 10.2 Å². The van der Waals surface area contributed by atoms with Crippen LogP contribution < -0.4 is 0 Å². The molecule has 0 heterocycles. The first kappa shape index (κ1) is 11.2. The number of hydrogen-bond donors (Lipinski definition) is 2. The predicted molar refractivity (Wildman–Crippen MR) is 60.3 cm³/mol. The molecule has 2 nitrogen and oxygen atoms in total. The molecule has 0 radical (unpaired) electrons. The van der Waals surface area contributed by atoms with Crippen molar-refractivity contribution in [2.75, 3.05) is 0 Å². The Bertz CT molecular complexity index is 252. The van der Waals surface area contributed by atoms with Crippen molar-refractivity contribution in [1.82, 2.24) is 0 Å². The number of fused-ring (bicyclic) bond motifs is 2. The summed E-state index contributed by atoms with van der Waals surface area (Å²) >= 11 is 0. The first-order valence-electron chi connectivity index (χ1n) is 5.84. The molecule has 0 amide bonds. The molecular formula is C13H22O2. The van der Waals surface area contributed by atoms with Gasteiger partial charge in [-0.1, -0.05) is 12.2 Å². The van der Waals surface area contributed by atoms with Gasteiger partial charge < -0.3 is 10.2 Å². The molecule has 0 saturated heterocycles. The van der Waals surface area contributed by atoms with Crippen LogP contribution in [-0.2, 0) is 0 Å². The van der Waals surface area contributed by atoms with Crippen molar-refractivity contribution < 1.29 is 10.2 Å². The van der Waals surface area contributed by atoms with Crippen LogP contribution in [0.25, 0.3) is 0 Å². The van der Waals surface area contributed by atoms with Crippen LogP contribution >= 0.6 is 0 Å². The van der Waals surface area contributed by atoms with Crippen molar-refractivity contribution in [3.05, 3.63) is 12.2 Å². The Kier molecular flexibility index (Phi) is 2.29. The summed E-state index contributed by atoms with van der Waals surface area (Å²) in [5.41, 5.74) is -1.40. The Labute approximate surface area is 92.0 Å². The van der Waals surface area contributed by atoms with Crippen LogP contribution in [0.1, 0.15) is 34.1 Å². The van der Waals surface area contributed by atoms with Crippen LogP contribution in [0, 0.1) is 23.7 Å². The topological polar surface area (TPSA) is 40.5 Å². The molecule has 1 saturated carbocycles. The second-order valence-corrected chi connectivity index (χ2v) is 6.31. The second kappa shape index (κ2) is 3.08. The van der Waals surface area contributed by atoms with Gasteiger partial charge in [0, 0.05) is 0 Å². The minimum Gasteiger partial charge on any atom is -0.390 e. The van der Waals surface area contributed by atoms with Crippen molar-refractivity contribution in [3.63, 3.8) is 0 Å². The van der Waals surface area contributed by atoms with E-state index in [1.807, 2.05) is 27.7 Å². The molecule has 0 aliphatic heterocycles.